The summed E-state index contributed by atoms with van der Waals surface area (Å²) < 4.78 is 4.96. The van der Waals surface area contributed by atoms with Gasteiger partial charge in [-0.1, -0.05) is 0 Å². The first-order valence-corrected chi connectivity index (χ1v) is 3.67. The maximum absolute atomic E-state index is 8.65. The van der Waals surface area contributed by atoms with Gasteiger partial charge in [-0.15, -0.1) is 0 Å². The van der Waals surface area contributed by atoms with Gasteiger partial charge in [-0.25, -0.2) is 4.98 Å². The molecule has 0 atom stereocenters. The van der Waals surface area contributed by atoms with E-state index in [0.717, 1.165) is 5.56 Å². The molecule has 0 unspecified atom stereocenters. The molecular formula is C8H12N2O2. The number of aliphatic hydroxyl groups excluding tert-OH is 1. The van der Waals surface area contributed by atoms with Gasteiger partial charge in [-0.3, -0.25) is 0 Å². The fourth-order valence-electron chi connectivity index (χ4n) is 0.925. The second-order valence-electron chi connectivity index (χ2n) is 2.40. The minimum Gasteiger partial charge on any atom is -0.493 e. The number of nitrogen functional groups attached to an aromatic ring is 1. The molecular weight excluding hydrogens is 156 g/mol. The van der Waals surface area contributed by atoms with E-state index in [2.05, 4.69) is 4.98 Å². The van der Waals surface area contributed by atoms with E-state index in [-0.39, 0.29) is 6.61 Å². The summed E-state index contributed by atoms with van der Waals surface area (Å²) in [5, 5.41) is 8.65. The first-order valence-electron chi connectivity index (χ1n) is 3.67. The van der Waals surface area contributed by atoms with Crippen molar-refractivity contribution >= 4 is 5.82 Å². The molecule has 0 spiro atoms. The molecule has 66 valence electrons. The molecule has 0 aromatic carbocycles. The minimum atomic E-state index is 0.106. The van der Waals surface area contributed by atoms with Crippen LogP contribution in [0.3, 0.4) is 0 Å². The first-order chi connectivity index (χ1) is 5.77. The number of nitrogens with zero attached hydrogens (tertiary/aromatic N) is 1. The van der Waals surface area contributed by atoms with E-state index < -0.39 is 0 Å². The minimum absolute atomic E-state index is 0.106. The third-order valence-corrected chi connectivity index (χ3v) is 1.56. The Morgan fingerprint density at radius 1 is 1.67 bits per heavy atom. The fraction of sp³-hybridized carbons (Fsp3) is 0.375. The van der Waals surface area contributed by atoms with Crippen LogP contribution < -0.4 is 10.5 Å². The summed E-state index contributed by atoms with van der Waals surface area (Å²) in [6, 6.07) is 1.78. The molecule has 0 saturated heterocycles. The van der Waals surface area contributed by atoms with Crippen molar-refractivity contribution in [2.45, 2.75) is 6.42 Å². The van der Waals surface area contributed by atoms with Crippen LogP contribution in [0.25, 0.3) is 0 Å². The highest BCUT2D eigenvalue weighted by atomic mass is 16.5. The summed E-state index contributed by atoms with van der Waals surface area (Å²) in [4.78, 5) is 3.91. The number of anilines is 1. The third kappa shape index (κ3) is 1.85. The number of hydrogen-bond acceptors (Lipinski definition) is 4. The van der Waals surface area contributed by atoms with Crippen molar-refractivity contribution in [1.29, 1.82) is 0 Å². The molecule has 4 heteroatoms. The standard InChI is InChI=1S/C8H12N2O2/c1-12-7-4-6(2-3-11)5-10-8(7)9/h4-5,11H,2-3H2,1H3,(H2,9,10). The number of aliphatic hydroxyl groups is 1. The number of hydrogen-bond donors (Lipinski definition) is 2. The average molecular weight is 168 g/mol. The van der Waals surface area contributed by atoms with Gasteiger partial charge in [0.2, 0.25) is 0 Å². The van der Waals surface area contributed by atoms with E-state index in [4.69, 9.17) is 15.6 Å². The van der Waals surface area contributed by atoms with Gasteiger partial charge >= 0.3 is 0 Å². The predicted octanol–water partition coefficient (Wildman–Crippen LogP) is 0.207. The Balaban J connectivity index is 2.89. The van der Waals surface area contributed by atoms with Crippen molar-refractivity contribution in [1.82, 2.24) is 4.98 Å². The maximum atomic E-state index is 8.65. The molecule has 1 rings (SSSR count). The molecule has 0 bridgehead atoms. The Kier molecular flexibility index (Phi) is 2.88. The zero-order chi connectivity index (χ0) is 8.97. The van der Waals surface area contributed by atoms with Crippen LogP contribution in [0.4, 0.5) is 5.82 Å². The third-order valence-electron chi connectivity index (χ3n) is 1.56. The SMILES string of the molecule is COc1cc(CCO)cnc1N. The largest absolute Gasteiger partial charge is 0.493 e. The Morgan fingerprint density at radius 2 is 2.42 bits per heavy atom. The van der Waals surface area contributed by atoms with Crippen LogP contribution in [0.2, 0.25) is 0 Å². The summed E-state index contributed by atoms with van der Waals surface area (Å²) >= 11 is 0. The van der Waals surface area contributed by atoms with Crippen LogP contribution >= 0.6 is 0 Å². The van der Waals surface area contributed by atoms with Gasteiger partial charge in [-0.2, -0.15) is 0 Å². The van der Waals surface area contributed by atoms with Crippen LogP contribution in [-0.4, -0.2) is 23.8 Å². The molecule has 3 N–H and O–H groups in total. The van der Waals surface area contributed by atoms with Crippen LogP contribution in [0.5, 0.6) is 5.75 Å². The van der Waals surface area contributed by atoms with Gasteiger partial charge in [0.1, 0.15) is 0 Å². The van der Waals surface area contributed by atoms with Crippen molar-refractivity contribution in [3.05, 3.63) is 17.8 Å². The number of nitrogens with two attached hydrogens (primary N) is 1. The highest BCUT2D eigenvalue weighted by Crippen LogP contribution is 2.19. The first kappa shape index (κ1) is 8.80. The van der Waals surface area contributed by atoms with Crippen LogP contribution in [0, 0.1) is 0 Å². The van der Waals surface area contributed by atoms with Gasteiger partial charge in [0.05, 0.1) is 7.11 Å². The molecule has 0 aliphatic rings. The molecule has 1 aromatic heterocycles. The molecule has 0 amide bonds. The summed E-state index contributed by atoms with van der Waals surface area (Å²) in [7, 11) is 1.54. The Hall–Kier alpha value is -1.29. The molecule has 0 radical (unpaired) electrons. The van der Waals surface area contributed by atoms with Crippen molar-refractivity contribution in [2.75, 3.05) is 19.5 Å². The molecule has 0 aliphatic heterocycles. The predicted molar refractivity (Wildman–Crippen MR) is 46.0 cm³/mol. The summed E-state index contributed by atoms with van der Waals surface area (Å²) in [6.45, 7) is 0.106. The van der Waals surface area contributed by atoms with Crippen molar-refractivity contribution in [2.24, 2.45) is 0 Å². The van der Waals surface area contributed by atoms with Crippen molar-refractivity contribution < 1.29 is 9.84 Å². The molecule has 0 aliphatic carbocycles. The molecule has 1 heterocycles. The molecule has 0 saturated carbocycles. The van der Waals surface area contributed by atoms with Crippen LogP contribution in [0.1, 0.15) is 5.56 Å². The number of rotatable bonds is 3. The van der Waals surface area contributed by atoms with Gasteiger partial charge in [-0.05, 0) is 18.1 Å². The lowest BCUT2D eigenvalue weighted by molar-refractivity contribution is 0.299. The van der Waals surface area contributed by atoms with E-state index >= 15 is 0 Å². The summed E-state index contributed by atoms with van der Waals surface area (Å²) in [6.07, 6.45) is 2.21. The zero-order valence-electron chi connectivity index (χ0n) is 6.95. The van der Waals surface area contributed by atoms with E-state index in [1.54, 1.807) is 12.3 Å². The highest BCUT2D eigenvalue weighted by Gasteiger charge is 2.01. The molecule has 12 heavy (non-hydrogen) atoms. The lowest BCUT2D eigenvalue weighted by Crippen LogP contribution is -1.98. The second-order valence-corrected chi connectivity index (χ2v) is 2.40. The van der Waals surface area contributed by atoms with Crippen LogP contribution in [-0.2, 0) is 6.42 Å². The second kappa shape index (κ2) is 3.92. The van der Waals surface area contributed by atoms with Crippen LogP contribution in [0.15, 0.2) is 12.3 Å². The molecule has 1 aromatic rings. The maximum Gasteiger partial charge on any atom is 0.166 e. The molecule has 4 nitrogen and oxygen atoms in total. The number of aromatic nitrogens is 1. The fourth-order valence-corrected chi connectivity index (χ4v) is 0.925. The van der Waals surface area contributed by atoms with Crippen molar-refractivity contribution in [3.63, 3.8) is 0 Å². The van der Waals surface area contributed by atoms with Gasteiger partial charge < -0.3 is 15.6 Å². The summed E-state index contributed by atoms with van der Waals surface area (Å²) in [5.41, 5.74) is 6.42. The zero-order valence-corrected chi connectivity index (χ0v) is 6.95. The Morgan fingerprint density at radius 3 is 3.00 bits per heavy atom. The molecule has 0 fully saturated rings. The monoisotopic (exact) mass is 168 g/mol. The van der Waals surface area contributed by atoms with E-state index in [0.29, 0.717) is 18.0 Å². The quantitative estimate of drug-likeness (QED) is 0.676. The number of methoxy groups -OCH3 is 1. The van der Waals surface area contributed by atoms with Gasteiger partial charge in [0, 0.05) is 12.8 Å². The number of pyridine rings is 1. The highest BCUT2D eigenvalue weighted by molar-refractivity contribution is 5.46. The van der Waals surface area contributed by atoms with Gasteiger partial charge in [0.15, 0.2) is 11.6 Å². The van der Waals surface area contributed by atoms with Gasteiger partial charge in [0.25, 0.3) is 0 Å². The normalized spacial score (nSPS) is 9.83. The lowest BCUT2D eigenvalue weighted by Gasteiger charge is -2.04. The smallest absolute Gasteiger partial charge is 0.166 e. The average Bonchev–Trinajstić information content (AvgIpc) is 2.09. The Labute approximate surface area is 71.0 Å². The van der Waals surface area contributed by atoms with E-state index in [1.165, 1.54) is 7.11 Å². The summed E-state index contributed by atoms with van der Waals surface area (Å²) in [5.74, 6) is 0.931. The van der Waals surface area contributed by atoms with E-state index in [9.17, 15) is 0 Å². The lowest BCUT2D eigenvalue weighted by atomic mass is 10.2. The van der Waals surface area contributed by atoms with Crippen molar-refractivity contribution in [3.8, 4) is 5.75 Å². The number of ether oxygens (including phenoxy) is 1. The topological polar surface area (TPSA) is 68.4 Å². The Bertz CT molecular complexity index is 263. The van der Waals surface area contributed by atoms with E-state index in [1.807, 2.05) is 0 Å².